The number of aliphatic hydroxyl groups excluding tert-OH is 1. The standard InChI is InChI=1S/C17H22F3N3O4/c18-17(19,20)27-14-5-3-12(4-6-14)21-16(26)22-13-7-9-23(10-8-13)15(25)2-1-11-24/h3-6,13,24H,1-2,7-11H2,(H2,21,22,26). The Balaban J connectivity index is 1.74. The number of carbonyl (C=O) groups is 2. The van der Waals surface area contributed by atoms with Crippen molar-refractivity contribution >= 4 is 17.6 Å². The molecule has 1 aliphatic rings. The lowest BCUT2D eigenvalue weighted by Gasteiger charge is -2.32. The minimum Gasteiger partial charge on any atom is -0.406 e. The van der Waals surface area contributed by atoms with Gasteiger partial charge in [0.1, 0.15) is 5.75 Å². The molecule has 1 fully saturated rings. The molecule has 150 valence electrons. The second kappa shape index (κ2) is 9.45. The van der Waals surface area contributed by atoms with Crippen LogP contribution in [-0.2, 0) is 4.79 Å². The first-order chi connectivity index (χ1) is 12.8. The molecular formula is C17H22F3N3O4. The van der Waals surface area contributed by atoms with Gasteiger partial charge in [-0.15, -0.1) is 13.2 Å². The Morgan fingerprint density at radius 3 is 2.37 bits per heavy atom. The molecule has 1 aromatic rings. The van der Waals surface area contributed by atoms with Gasteiger partial charge in [-0.05, 0) is 43.5 Å². The van der Waals surface area contributed by atoms with Crippen molar-refractivity contribution in [3.05, 3.63) is 24.3 Å². The number of alkyl halides is 3. The Kier molecular flexibility index (Phi) is 7.28. The maximum Gasteiger partial charge on any atom is 0.573 e. The number of halogens is 3. The van der Waals surface area contributed by atoms with Crippen LogP contribution in [0, 0.1) is 0 Å². The molecule has 0 bridgehead atoms. The van der Waals surface area contributed by atoms with Crippen molar-refractivity contribution in [3.8, 4) is 5.75 Å². The predicted molar refractivity (Wildman–Crippen MR) is 91.2 cm³/mol. The quantitative estimate of drug-likeness (QED) is 0.697. The van der Waals surface area contributed by atoms with Gasteiger partial charge in [0.2, 0.25) is 5.91 Å². The number of piperidine rings is 1. The molecule has 1 aromatic carbocycles. The minimum absolute atomic E-state index is 0.00637. The normalized spacial score (nSPS) is 15.3. The van der Waals surface area contributed by atoms with Crippen LogP contribution in [0.1, 0.15) is 25.7 Å². The van der Waals surface area contributed by atoms with Crippen molar-refractivity contribution in [2.45, 2.75) is 38.1 Å². The average molecular weight is 389 g/mol. The molecule has 1 aliphatic heterocycles. The van der Waals surface area contributed by atoms with Crippen molar-refractivity contribution in [1.82, 2.24) is 10.2 Å². The Hall–Kier alpha value is -2.49. The molecule has 10 heteroatoms. The van der Waals surface area contributed by atoms with Crippen LogP contribution >= 0.6 is 0 Å². The van der Waals surface area contributed by atoms with E-state index in [1.807, 2.05) is 0 Å². The van der Waals surface area contributed by atoms with E-state index in [1.165, 1.54) is 12.1 Å². The maximum absolute atomic E-state index is 12.1. The smallest absolute Gasteiger partial charge is 0.406 e. The van der Waals surface area contributed by atoms with E-state index in [0.717, 1.165) is 12.1 Å². The lowest BCUT2D eigenvalue weighted by molar-refractivity contribution is -0.274. The maximum atomic E-state index is 12.1. The summed E-state index contributed by atoms with van der Waals surface area (Å²) >= 11 is 0. The SMILES string of the molecule is O=C(Nc1ccc(OC(F)(F)F)cc1)NC1CCN(C(=O)CCCO)CC1. The van der Waals surface area contributed by atoms with Gasteiger partial charge in [-0.25, -0.2) is 4.79 Å². The fraction of sp³-hybridized carbons (Fsp3) is 0.529. The molecule has 7 nitrogen and oxygen atoms in total. The number of anilines is 1. The van der Waals surface area contributed by atoms with E-state index in [1.54, 1.807) is 4.90 Å². The van der Waals surface area contributed by atoms with E-state index in [9.17, 15) is 22.8 Å². The number of nitrogens with one attached hydrogen (secondary N) is 2. The van der Waals surface area contributed by atoms with Crippen LogP contribution < -0.4 is 15.4 Å². The van der Waals surface area contributed by atoms with Crippen molar-refractivity contribution in [1.29, 1.82) is 0 Å². The summed E-state index contributed by atoms with van der Waals surface area (Å²) in [6.07, 6.45) is -2.80. The number of urea groups is 1. The molecule has 0 atom stereocenters. The highest BCUT2D eigenvalue weighted by atomic mass is 19.4. The highest BCUT2D eigenvalue weighted by Gasteiger charge is 2.31. The summed E-state index contributed by atoms with van der Waals surface area (Å²) in [5, 5.41) is 14.1. The number of amides is 3. The zero-order chi connectivity index (χ0) is 19.9. The topological polar surface area (TPSA) is 90.9 Å². The number of hydrogen-bond acceptors (Lipinski definition) is 4. The minimum atomic E-state index is -4.76. The number of aliphatic hydroxyl groups is 1. The van der Waals surface area contributed by atoms with E-state index >= 15 is 0 Å². The summed E-state index contributed by atoms with van der Waals surface area (Å²) in [4.78, 5) is 25.6. The second-order valence-electron chi connectivity index (χ2n) is 6.15. The van der Waals surface area contributed by atoms with Crippen molar-refractivity contribution in [2.75, 3.05) is 25.0 Å². The monoisotopic (exact) mass is 389 g/mol. The van der Waals surface area contributed by atoms with Gasteiger partial charge in [0, 0.05) is 37.8 Å². The molecule has 0 radical (unpaired) electrons. The fourth-order valence-corrected chi connectivity index (χ4v) is 2.75. The third kappa shape index (κ3) is 7.33. The average Bonchev–Trinajstić information content (AvgIpc) is 2.60. The second-order valence-corrected chi connectivity index (χ2v) is 6.15. The fourth-order valence-electron chi connectivity index (χ4n) is 2.75. The highest BCUT2D eigenvalue weighted by Crippen LogP contribution is 2.24. The van der Waals surface area contributed by atoms with Crippen LogP contribution in [-0.4, -0.2) is 54.0 Å². The van der Waals surface area contributed by atoms with Crippen LogP contribution in [0.3, 0.4) is 0 Å². The molecule has 0 aliphatic carbocycles. The Morgan fingerprint density at radius 1 is 1.19 bits per heavy atom. The van der Waals surface area contributed by atoms with Gasteiger partial charge in [-0.1, -0.05) is 0 Å². The molecule has 0 saturated carbocycles. The summed E-state index contributed by atoms with van der Waals surface area (Å²) in [6.45, 7) is 1.03. The molecule has 2 rings (SSSR count). The highest BCUT2D eigenvalue weighted by molar-refractivity contribution is 5.89. The van der Waals surface area contributed by atoms with Crippen molar-refractivity contribution in [3.63, 3.8) is 0 Å². The molecule has 0 spiro atoms. The van der Waals surface area contributed by atoms with Gasteiger partial charge in [-0.2, -0.15) is 0 Å². The zero-order valence-corrected chi connectivity index (χ0v) is 14.6. The van der Waals surface area contributed by atoms with Gasteiger partial charge >= 0.3 is 12.4 Å². The number of likely N-dealkylation sites (tertiary alicyclic amines) is 1. The largest absolute Gasteiger partial charge is 0.573 e. The van der Waals surface area contributed by atoms with Crippen LogP contribution in [0.15, 0.2) is 24.3 Å². The summed E-state index contributed by atoms with van der Waals surface area (Å²) in [7, 11) is 0. The van der Waals surface area contributed by atoms with Crippen molar-refractivity contribution in [2.24, 2.45) is 0 Å². The molecule has 0 unspecified atom stereocenters. The van der Waals surface area contributed by atoms with E-state index in [2.05, 4.69) is 15.4 Å². The van der Waals surface area contributed by atoms with E-state index in [0.29, 0.717) is 44.5 Å². The first-order valence-electron chi connectivity index (χ1n) is 8.59. The first kappa shape index (κ1) is 20.8. The van der Waals surface area contributed by atoms with Gasteiger partial charge in [0.15, 0.2) is 0 Å². The summed E-state index contributed by atoms with van der Waals surface area (Å²) in [5.41, 5.74) is 0.332. The van der Waals surface area contributed by atoms with E-state index in [-0.39, 0.29) is 24.3 Å². The van der Waals surface area contributed by atoms with Crippen LogP contribution in [0.5, 0.6) is 5.75 Å². The Bertz CT molecular complexity index is 629. The number of carbonyl (C=O) groups excluding carboxylic acids is 2. The molecule has 27 heavy (non-hydrogen) atoms. The summed E-state index contributed by atoms with van der Waals surface area (Å²) in [5.74, 6) is -0.375. The molecule has 0 aromatic heterocycles. The van der Waals surface area contributed by atoms with Gasteiger partial charge < -0.3 is 25.4 Å². The first-order valence-corrected chi connectivity index (χ1v) is 8.59. The molecule has 1 saturated heterocycles. The molecule has 3 N–H and O–H groups in total. The number of benzene rings is 1. The van der Waals surface area contributed by atoms with Gasteiger partial charge in [0.25, 0.3) is 0 Å². The number of rotatable bonds is 6. The number of nitrogens with zero attached hydrogens (tertiary/aromatic N) is 1. The Labute approximate surface area is 154 Å². The number of ether oxygens (including phenoxy) is 1. The van der Waals surface area contributed by atoms with Gasteiger partial charge in [0.05, 0.1) is 0 Å². The number of hydrogen-bond donors (Lipinski definition) is 3. The van der Waals surface area contributed by atoms with E-state index < -0.39 is 12.4 Å². The predicted octanol–water partition coefficient (Wildman–Crippen LogP) is 2.47. The third-order valence-corrected chi connectivity index (χ3v) is 4.08. The van der Waals surface area contributed by atoms with Gasteiger partial charge in [-0.3, -0.25) is 4.79 Å². The van der Waals surface area contributed by atoms with Crippen LogP contribution in [0.2, 0.25) is 0 Å². The van der Waals surface area contributed by atoms with E-state index in [4.69, 9.17) is 5.11 Å². The van der Waals surface area contributed by atoms with Crippen LogP contribution in [0.25, 0.3) is 0 Å². The summed E-state index contributed by atoms with van der Waals surface area (Å²) < 4.78 is 40.1. The Morgan fingerprint density at radius 2 is 1.81 bits per heavy atom. The molecular weight excluding hydrogens is 367 g/mol. The molecule has 1 heterocycles. The lowest BCUT2D eigenvalue weighted by atomic mass is 10.0. The van der Waals surface area contributed by atoms with Crippen LogP contribution in [0.4, 0.5) is 23.7 Å². The van der Waals surface area contributed by atoms with Crippen molar-refractivity contribution < 1.29 is 32.6 Å². The summed E-state index contributed by atoms with van der Waals surface area (Å²) in [6, 6.07) is 4.27. The zero-order valence-electron chi connectivity index (χ0n) is 14.6. The molecule has 3 amide bonds. The lowest BCUT2D eigenvalue weighted by Crippen LogP contribution is -2.47. The third-order valence-electron chi connectivity index (χ3n) is 4.08.